The minimum Gasteiger partial charge on any atom is -0.391 e. The molecule has 0 aliphatic rings. The first kappa shape index (κ1) is 10.2. The first-order valence-corrected chi connectivity index (χ1v) is 3.98. The quantitative estimate of drug-likeness (QED) is 0.611. The molecule has 0 unspecified atom stereocenters. The highest BCUT2D eigenvalue weighted by atomic mass is 35.5. The zero-order chi connectivity index (χ0) is 8.20. The second-order valence-corrected chi connectivity index (χ2v) is 3.75. The fourth-order valence-electron chi connectivity index (χ4n) is 0.479. The van der Waals surface area contributed by atoms with Crippen LogP contribution < -0.4 is 5.32 Å². The molecule has 0 bridgehead atoms. The first-order valence-electron chi connectivity index (χ1n) is 3.45. The average molecular weight is 166 g/mol. The average Bonchev–Trinajstić information content (AvgIpc) is 1.81. The minimum absolute atomic E-state index is 0.0625. The molecule has 0 rings (SSSR count). The Morgan fingerprint density at radius 2 is 2.00 bits per heavy atom. The van der Waals surface area contributed by atoms with E-state index in [1.165, 1.54) is 0 Å². The Labute approximate surface area is 67.6 Å². The molecule has 0 aromatic rings. The van der Waals surface area contributed by atoms with Gasteiger partial charge in [-0.1, -0.05) is 0 Å². The van der Waals surface area contributed by atoms with Gasteiger partial charge in [0.05, 0.1) is 6.10 Å². The monoisotopic (exact) mass is 165 g/mol. The maximum atomic E-state index is 9.03. The second kappa shape index (κ2) is 4.16. The predicted octanol–water partition coefficient (Wildman–Crippen LogP) is 0.974. The Bertz CT molecular complexity index is 90.1. The van der Waals surface area contributed by atoms with Crippen LogP contribution in [0.4, 0.5) is 0 Å². The summed E-state index contributed by atoms with van der Waals surface area (Å²) in [6.45, 7) is 6.71. The fourth-order valence-corrected chi connectivity index (χ4v) is 0.588. The highest BCUT2D eigenvalue weighted by Crippen LogP contribution is 1.98. The minimum atomic E-state index is -0.430. The van der Waals surface area contributed by atoms with Gasteiger partial charge in [-0.15, -0.1) is 11.6 Å². The first-order chi connectivity index (χ1) is 4.45. The van der Waals surface area contributed by atoms with E-state index >= 15 is 0 Å². The zero-order valence-corrected chi connectivity index (χ0v) is 7.57. The largest absolute Gasteiger partial charge is 0.391 e. The Balaban J connectivity index is 3.36. The van der Waals surface area contributed by atoms with Crippen molar-refractivity contribution in [3.05, 3.63) is 0 Å². The third-order valence-corrected chi connectivity index (χ3v) is 1.40. The summed E-state index contributed by atoms with van der Waals surface area (Å²) in [6, 6.07) is 0. The van der Waals surface area contributed by atoms with Crippen LogP contribution in [-0.2, 0) is 0 Å². The third kappa shape index (κ3) is 6.33. The molecule has 0 aromatic heterocycles. The standard InChI is InChI=1S/C7H16ClNO/c1-7(2,3)9-5-6(10)4-8/h6,9-10H,4-5H2,1-3H3/t6-/m0/s1. The third-order valence-electron chi connectivity index (χ3n) is 1.05. The summed E-state index contributed by atoms with van der Waals surface area (Å²) in [5, 5.41) is 12.2. The van der Waals surface area contributed by atoms with Gasteiger partial charge < -0.3 is 10.4 Å². The van der Waals surface area contributed by atoms with Crippen molar-refractivity contribution < 1.29 is 5.11 Å². The number of aliphatic hydroxyl groups excluding tert-OH is 1. The number of nitrogens with one attached hydrogen (secondary N) is 1. The van der Waals surface area contributed by atoms with Crippen LogP contribution in [0.3, 0.4) is 0 Å². The molecule has 0 radical (unpaired) electrons. The Morgan fingerprint density at radius 1 is 1.50 bits per heavy atom. The molecule has 0 aliphatic carbocycles. The van der Waals surface area contributed by atoms with Crippen molar-refractivity contribution in [1.82, 2.24) is 5.32 Å². The summed E-state index contributed by atoms with van der Waals surface area (Å²) in [5.74, 6) is 0.295. The number of aliphatic hydroxyl groups is 1. The maximum Gasteiger partial charge on any atom is 0.0799 e. The highest BCUT2D eigenvalue weighted by molar-refractivity contribution is 6.18. The van der Waals surface area contributed by atoms with Gasteiger partial charge in [0, 0.05) is 18.0 Å². The molecule has 2 N–H and O–H groups in total. The normalized spacial score (nSPS) is 15.3. The van der Waals surface area contributed by atoms with E-state index in [0.29, 0.717) is 12.4 Å². The van der Waals surface area contributed by atoms with Crippen LogP contribution in [0.25, 0.3) is 0 Å². The number of hydrogen-bond acceptors (Lipinski definition) is 2. The molecule has 0 saturated carbocycles. The molecule has 0 heterocycles. The molecule has 0 fully saturated rings. The lowest BCUT2D eigenvalue weighted by atomic mass is 10.1. The van der Waals surface area contributed by atoms with Gasteiger partial charge in [0.1, 0.15) is 0 Å². The van der Waals surface area contributed by atoms with Crippen molar-refractivity contribution in [3.8, 4) is 0 Å². The van der Waals surface area contributed by atoms with Crippen LogP contribution in [0.5, 0.6) is 0 Å². The number of alkyl halides is 1. The SMILES string of the molecule is CC(C)(C)NC[C@@H](O)CCl. The maximum absolute atomic E-state index is 9.03. The van der Waals surface area contributed by atoms with E-state index in [0.717, 1.165) is 0 Å². The van der Waals surface area contributed by atoms with Crippen LogP contribution in [0.2, 0.25) is 0 Å². The van der Waals surface area contributed by atoms with E-state index in [1.54, 1.807) is 0 Å². The summed E-state index contributed by atoms with van der Waals surface area (Å²) in [5.41, 5.74) is 0.0625. The molecule has 3 heteroatoms. The van der Waals surface area contributed by atoms with Crippen LogP contribution in [0, 0.1) is 0 Å². The van der Waals surface area contributed by atoms with Crippen LogP contribution >= 0.6 is 11.6 Å². The molecule has 10 heavy (non-hydrogen) atoms. The van der Waals surface area contributed by atoms with Crippen LogP contribution in [0.1, 0.15) is 20.8 Å². The van der Waals surface area contributed by atoms with E-state index in [1.807, 2.05) is 20.8 Å². The van der Waals surface area contributed by atoms with E-state index in [9.17, 15) is 0 Å². The van der Waals surface area contributed by atoms with Crippen molar-refractivity contribution in [1.29, 1.82) is 0 Å². The number of rotatable bonds is 3. The number of hydrogen-bond donors (Lipinski definition) is 2. The Hall–Kier alpha value is 0.210. The Morgan fingerprint density at radius 3 is 2.30 bits per heavy atom. The molecule has 0 aliphatic heterocycles. The summed E-state index contributed by atoms with van der Waals surface area (Å²) in [6.07, 6.45) is -0.430. The van der Waals surface area contributed by atoms with Crippen molar-refractivity contribution >= 4 is 11.6 Å². The topological polar surface area (TPSA) is 32.3 Å². The van der Waals surface area contributed by atoms with Crippen LogP contribution in [0.15, 0.2) is 0 Å². The lowest BCUT2D eigenvalue weighted by Gasteiger charge is -2.21. The smallest absolute Gasteiger partial charge is 0.0799 e. The molecule has 62 valence electrons. The molecule has 0 saturated heterocycles. The number of β-amino-alcohol motifs (C(OH)–C–C–N with tert-alkyl or cyclic N) is 1. The Kier molecular flexibility index (Phi) is 4.25. The van der Waals surface area contributed by atoms with Crippen LogP contribution in [-0.4, -0.2) is 29.2 Å². The number of halogens is 1. The molecular weight excluding hydrogens is 150 g/mol. The molecular formula is C7H16ClNO. The van der Waals surface area contributed by atoms with Gasteiger partial charge in [0.15, 0.2) is 0 Å². The molecule has 2 nitrogen and oxygen atoms in total. The van der Waals surface area contributed by atoms with Crippen molar-refractivity contribution in [2.75, 3.05) is 12.4 Å². The zero-order valence-electron chi connectivity index (χ0n) is 6.82. The summed E-state index contributed by atoms with van der Waals surface area (Å²) in [4.78, 5) is 0. The summed E-state index contributed by atoms with van der Waals surface area (Å²) >= 11 is 5.39. The van der Waals surface area contributed by atoms with Crippen molar-refractivity contribution in [3.63, 3.8) is 0 Å². The molecule has 1 atom stereocenters. The fraction of sp³-hybridized carbons (Fsp3) is 1.00. The lowest BCUT2D eigenvalue weighted by molar-refractivity contribution is 0.182. The van der Waals surface area contributed by atoms with Gasteiger partial charge in [-0.25, -0.2) is 0 Å². The van der Waals surface area contributed by atoms with Gasteiger partial charge in [-0.05, 0) is 20.8 Å². The highest BCUT2D eigenvalue weighted by Gasteiger charge is 2.10. The predicted molar refractivity (Wildman–Crippen MR) is 44.5 cm³/mol. The van der Waals surface area contributed by atoms with Gasteiger partial charge in [0.25, 0.3) is 0 Å². The lowest BCUT2D eigenvalue weighted by Crippen LogP contribution is -2.41. The van der Waals surface area contributed by atoms with E-state index in [4.69, 9.17) is 16.7 Å². The van der Waals surface area contributed by atoms with Gasteiger partial charge in [-0.3, -0.25) is 0 Å². The van der Waals surface area contributed by atoms with Gasteiger partial charge >= 0.3 is 0 Å². The van der Waals surface area contributed by atoms with Crippen molar-refractivity contribution in [2.45, 2.75) is 32.4 Å². The van der Waals surface area contributed by atoms with Gasteiger partial charge in [0.2, 0.25) is 0 Å². The van der Waals surface area contributed by atoms with Crippen molar-refractivity contribution in [2.24, 2.45) is 0 Å². The molecule has 0 amide bonds. The molecule has 0 spiro atoms. The van der Waals surface area contributed by atoms with E-state index in [-0.39, 0.29) is 5.54 Å². The van der Waals surface area contributed by atoms with E-state index in [2.05, 4.69) is 5.32 Å². The van der Waals surface area contributed by atoms with Gasteiger partial charge in [-0.2, -0.15) is 0 Å². The molecule has 0 aromatic carbocycles. The second-order valence-electron chi connectivity index (χ2n) is 3.44. The summed E-state index contributed by atoms with van der Waals surface area (Å²) in [7, 11) is 0. The summed E-state index contributed by atoms with van der Waals surface area (Å²) < 4.78 is 0. The van der Waals surface area contributed by atoms with E-state index < -0.39 is 6.10 Å².